The number of fused-ring (bicyclic) bond motifs is 3. The molecule has 0 spiro atoms. The average molecular weight is 419 g/mol. The van der Waals surface area contributed by atoms with Gasteiger partial charge in [-0.25, -0.2) is 0 Å². The molecule has 2 aliphatic heterocycles. The van der Waals surface area contributed by atoms with E-state index in [9.17, 15) is 9.59 Å². The van der Waals surface area contributed by atoms with Gasteiger partial charge in [-0.05, 0) is 42.4 Å². The molecule has 1 aliphatic carbocycles. The topological polar surface area (TPSA) is 49.9 Å². The summed E-state index contributed by atoms with van der Waals surface area (Å²) < 4.78 is 6.03. The van der Waals surface area contributed by atoms with E-state index in [-0.39, 0.29) is 24.3 Å². The highest BCUT2D eigenvalue weighted by molar-refractivity contribution is 6.07. The van der Waals surface area contributed by atoms with E-state index in [1.165, 1.54) is 5.56 Å². The van der Waals surface area contributed by atoms with Gasteiger partial charge in [-0.2, -0.15) is 0 Å². The molecule has 0 N–H and O–H groups in total. The maximum absolute atomic E-state index is 13.6. The van der Waals surface area contributed by atoms with Crippen molar-refractivity contribution in [3.05, 3.63) is 65.7 Å². The number of likely N-dealkylation sites (tertiary alicyclic amines) is 1. The molecule has 2 aromatic rings. The first-order valence-electron chi connectivity index (χ1n) is 11.4. The maximum Gasteiger partial charge on any atom is 0.242 e. The molecule has 2 heterocycles. The molecule has 2 aromatic carbocycles. The molecule has 2 atom stereocenters. The van der Waals surface area contributed by atoms with E-state index in [0.29, 0.717) is 19.1 Å². The van der Waals surface area contributed by atoms with Crippen molar-refractivity contribution in [1.82, 2.24) is 4.90 Å². The Hall–Kier alpha value is -2.66. The Bertz CT molecular complexity index is 968. The van der Waals surface area contributed by atoms with Gasteiger partial charge in [-0.3, -0.25) is 9.59 Å². The molecule has 5 rings (SSSR count). The van der Waals surface area contributed by atoms with Crippen molar-refractivity contribution in [3.63, 3.8) is 0 Å². The Kier molecular flexibility index (Phi) is 5.30. The fourth-order valence-corrected chi connectivity index (χ4v) is 5.15. The number of carbonyl (C=O) groups is 2. The summed E-state index contributed by atoms with van der Waals surface area (Å²) in [5.74, 6) is 0.949. The van der Waals surface area contributed by atoms with Gasteiger partial charge in [0.2, 0.25) is 11.8 Å². The van der Waals surface area contributed by atoms with Crippen molar-refractivity contribution in [2.24, 2.45) is 11.3 Å². The van der Waals surface area contributed by atoms with Gasteiger partial charge in [0.05, 0.1) is 18.6 Å². The normalized spacial score (nSPS) is 25.2. The Morgan fingerprint density at radius 1 is 1.06 bits per heavy atom. The molecule has 0 radical (unpaired) electrons. The molecule has 162 valence electrons. The third-order valence-corrected chi connectivity index (χ3v) is 7.25. The fraction of sp³-hybridized carbons (Fsp3) is 0.462. The maximum atomic E-state index is 13.6. The number of para-hydroxylation sites is 1. The number of hydrogen-bond acceptors (Lipinski definition) is 3. The zero-order valence-corrected chi connectivity index (χ0v) is 18.1. The van der Waals surface area contributed by atoms with Crippen molar-refractivity contribution in [3.8, 4) is 0 Å². The van der Waals surface area contributed by atoms with Gasteiger partial charge in [0.15, 0.2) is 0 Å². The lowest BCUT2D eigenvalue weighted by Crippen LogP contribution is -2.50. The van der Waals surface area contributed by atoms with Crippen LogP contribution in [0.2, 0.25) is 0 Å². The quantitative estimate of drug-likeness (QED) is 0.713. The lowest BCUT2D eigenvalue weighted by Gasteiger charge is -2.36. The lowest BCUT2D eigenvalue weighted by molar-refractivity contribution is -0.134. The minimum Gasteiger partial charge on any atom is -0.376 e. The molecule has 3 aliphatic rings. The van der Waals surface area contributed by atoms with Crippen LogP contribution >= 0.6 is 0 Å². The number of hydrogen-bond donors (Lipinski definition) is 0. The van der Waals surface area contributed by atoms with Crippen LogP contribution in [0, 0.1) is 11.3 Å². The number of carbonyl (C=O) groups excluding carboxylic acids is 2. The van der Waals surface area contributed by atoms with Crippen LogP contribution in [0.3, 0.4) is 0 Å². The van der Waals surface area contributed by atoms with Crippen molar-refractivity contribution >= 4 is 17.5 Å². The average Bonchev–Trinajstić information content (AvgIpc) is 3.54. The Morgan fingerprint density at radius 3 is 2.55 bits per heavy atom. The van der Waals surface area contributed by atoms with Gasteiger partial charge in [0.1, 0.15) is 6.54 Å². The van der Waals surface area contributed by atoms with Crippen LogP contribution in [0.5, 0.6) is 0 Å². The highest BCUT2D eigenvalue weighted by atomic mass is 16.5. The van der Waals surface area contributed by atoms with Gasteiger partial charge in [-0.15, -0.1) is 0 Å². The summed E-state index contributed by atoms with van der Waals surface area (Å²) in [5, 5.41) is 0. The smallest absolute Gasteiger partial charge is 0.242 e. The van der Waals surface area contributed by atoms with Crippen LogP contribution in [0.15, 0.2) is 54.6 Å². The predicted octanol–water partition coefficient (Wildman–Crippen LogP) is 3.98. The van der Waals surface area contributed by atoms with Crippen molar-refractivity contribution in [2.75, 3.05) is 31.1 Å². The van der Waals surface area contributed by atoms with Gasteiger partial charge in [-0.1, -0.05) is 55.5 Å². The van der Waals surface area contributed by atoms with Crippen LogP contribution in [-0.4, -0.2) is 43.0 Å². The molecule has 5 heteroatoms. The van der Waals surface area contributed by atoms with Crippen LogP contribution in [0.1, 0.15) is 43.2 Å². The van der Waals surface area contributed by atoms with Gasteiger partial charge < -0.3 is 14.5 Å². The first kappa shape index (κ1) is 20.3. The first-order valence-corrected chi connectivity index (χ1v) is 11.4. The number of ether oxygens (including phenoxy) is 1. The zero-order valence-electron chi connectivity index (χ0n) is 18.1. The molecule has 2 amide bonds. The second-order valence-electron chi connectivity index (χ2n) is 9.40. The zero-order chi connectivity index (χ0) is 21.4. The summed E-state index contributed by atoms with van der Waals surface area (Å²) in [4.78, 5) is 30.3. The molecule has 2 fully saturated rings. The van der Waals surface area contributed by atoms with E-state index in [4.69, 9.17) is 4.74 Å². The van der Waals surface area contributed by atoms with Gasteiger partial charge in [0.25, 0.3) is 0 Å². The lowest BCUT2D eigenvalue weighted by atomic mass is 9.91. The third-order valence-electron chi connectivity index (χ3n) is 7.25. The second-order valence-corrected chi connectivity index (χ2v) is 9.40. The standard InChI is InChI=1S/C26H30N2O3/c1-19-11-13-27(14-12-19)24(29)16-28-23-10-6-5-9-21(23)22-15-26(22,25(28)30)18-31-17-20-7-3-2-4-8-20/h2-10,19,22H,11-18H2,1H3/t22-,26+/m0/s1. The van der Waals surface area contributed by atoms with E-state index >= 15 is 0 Å². The Morgan fingerprint density at radius 2 is 1.77 bits per heavy atom. The van der Waals surface area contributed by atoms with E-state index in [1.54, 1.807) is 4.90 Å². The minimum absolute atomic E-state index is 0.0444. The summed E-state index contributed by atoms with van der Waals surface area (Å²) in [6.45, 7) is 4.83. The number of amides is 2. The number of rotatable bonds is 6. The predicted molar refractivity (Wildman–Crippen MR) is 120 cm³/mol. The summed E-state index contributed by atoms with van der Waals surface area (Å²) in [7, 11) is 0. The van der Waals surface area contributed by atoms with Crippen LogP contribution in [0.4, 0.5) is 5.69 Å². The number of anilines is 1. The fourth-order valence-electron chi connectivity index (χ4n) is 5.15. The van der Waals surface area contributed by atoms with Gasteiger partial charge >= 0.3 is 0 Å². The van der Waals surface area contributed by atoms with Crippen LogP contribution < -0.4 is 4.90 Å². The van der Waals surface area contributed by atoms with Crippen LogP contribution in [0.25, 0.3) is 0 Å². The van der Waals surface area contributed by atoms with Crippen LogP contribution in [-0.2, 0) is 20.9 Å². The molecule has 0 unspecified atom stereocenters. The van der Waals surface area contributed by atoms with E-state index in [0.717, 1.165) is 43.6 Å². The number of nitrogens with zero attached hydrogens (tertiary/aromatic N) is 2. The summed E-state index contributed by atoms with van der Waals surface area (Å²) >= 11 is 0. The molecule has 0 bridgehead atoms. The van der Waals surface area contributed by atoms with E-state index < -0.39 is 5.41 Å². The van der Waals surface area contributed by atoms with Gasteiger partial charge in [0, 0.05) is 24.7 Å². The largest absolute Gasteiger partial charge is 0.376 e. The highest BCUT2D eigenvalue weighted by Gasteiger charge is 2.65. The van der Waals surface area contributed by atoms with E-state index in [1.807, 2.05) is 53.4 Å². The number of benzene rings is 2. The highest BCUT2D eigenvalue weighted by Crippen LogP contribution is 2.65. The monoisotopic (exact) mass is 418 g/mol. The first-order chi connectivity index (χ1) is 15.1. The molecule has 5 nitrogen and oxygen atoms in total. The van der Waals surface area contributed by atoms with Crippen molar-refractivity contribution in [1.29, 1.82) is 0 Å². The molecular weight excluding hydrogens is 388 g/mol. The summed E-state index contributed by atoms with van der Waals surface area (Å²) in [5.41, 5.74) is 2.64. The van der Waals surface area contributed by atoms with Crippen molar-refractivity contribution in [2.45, 2.75) is 38.7 Å². The minimum atomic E-state index is -0.528. The molecule has 0 aromatic heterocycles. The molecule has 1 saturated heterocycles. The SMILES string of the molecule is CC1CCN(C(=O)CN2C(=O)[C@@]3(COCc4ccccc4)C[C@H]3c3ccccc32)CC1. The second kappa shape index (κ2) is 8.12. The van der Waals surface area contributed by atoms with E-state index in [2.05, 4.69) is 13.0 Å². The Balaban J connectivity index is 1.32. The molecular formula is C26H30N2O3. The Labute approximate surface area is 184 Å². The summed E-state index contributed by atoms with van der Waals surface area (Å²) in [6.07, 6.45) is 2.87. The van der Waals surface area contributed by atoms with Crippen molar-refractivity contribution < 1.29 is 14.3 Å². The number of piperidine rings is 1. The molecule has 31 heavy (non-hydrogen) atoms. The molecule has 1 saturated carbocycles. The summed E-state index contributed by atoms with van der Waals surface area (Å²) in [6, 6.07) is 18.1. The third kappa shape index (κ3) is 3.76.